The Balaban J connectivity index is 4.16. The Morgan fingerprint density at radius 2 is 2.30 bits per heavy atom. The van der Waals surface area contributed by atoms with E-state index in [1.54, 1.807) is 0 Å². The van der Waals surface area contributed by atoms with E-state index >= 15 is 0 Å². The molecule has 2 atom stereocenters. The third kappa shape index (κ3) is 2.44. The molecule has 0 fully saturated rings. The molecule has 0 radical (unpaired) electrons. The maximum atomic E-state index is 4.62. The van der Waals surface area contributed by atoms with Crippen molar-refractivity contribution in [3.63, 3.8) is 0 Å². The Morgan fingerprint density at radius 1 is 1.80 bits per heavy atom. The van der Waals surface area contributed by atoms with E-state index in [2.05, 4.69) is 38.3 Å². The lowest BCUT2D eigenvalue weighted by Gasteiger charge is -2.34. The van der Waals surface area contributed by atoms with Crippen molar-refractivity contribution in [1.82, 2.24) is 0 Å². The Bertz CT molecular complexity index is 113. The molecule has 0 N–H and O–H groups in total. The number of thiol groups is 1. The van der Waals surface area contributed by atoms with Crippen LogP contribution in [0.25, 0.3) is 0 Å². The quantitative estimate of drug-likeness (QED) is 0.526. The van der Waals surface area contributed by atoms with Gasteiger partial charge in [-0.2, -0.15) is 0 Å². The SMILES string of the molecule is C=CS(S)(SC)C(C)CC. The minimum absolute atomic E-state index is 0.670. The molecule has 3 heteroatoms. The van der Waals surface area contributed by atoms with Crippen LogP contribution in [0, 0.1) is 0 Å². The van der Waals surface area contributed by atoms with Crippen LogP contribution in [0.2, 0.25) is 0 Å². The van der Waals surface area contributed by atoms with Crippen LogP contribution < -0.4 is 0 Å². The Labute approximate surface area is 74.4 Å². The summed E-state index contributed by atoms with van der Waals surface area (Å²) in [4.78, 5) is 0. The monoisotopic (exact) mass is 196 g/mol. The molecule has 0 heterocycles. The summed E-state index contributed by atoms with van der Waals surface area (Å²) in [6.07, 6.45) is 3.29. The third-order valence-corrected chi connectivity index (χ3v) is 10.0. The molecule has 0 aromatic heterocycles. The summed E-state index contributed by atoms with van der Waals surface area (Å²) >= 11 is 4.62. The molecule has 62 valence electrons. The largest absolute Gasteiger partial charge is 0.124 e. The lowest BCUT2D eigenvalue weighted by Crippen LogP contribution is -2.02. The molecule has 0 aromatic rings. The van der Waals surface area contributed by atoms with Gasteiger partial charge < -0.3 is 0 Å². The van der Waals surface area contributed by atoms with Crippen LogP contribution in [0.5, 0.6) is 0 Å². The lowest BCUT2D eigenvalue weighted by molar-refractivity contribution is 0.907. The van der Waals surface area contributed by atoms with Crippen LogP contribution in [0.15, 0.2) is 12.0 Å². The fraction of sp³-hybridized carbons (Fsp3) is 0.714. The lowest BCUT2D eigenvalue weighted by atomic mass is 10.4. The zero-order valence-corrected chi connectivity index (χ0v) is 9.36. The first kappa shape index (κ1) is 10.8. The molecule has 0 aromatic carbocycles. The molecule has 0 rings (SSSR count). The van der Waals surface area contributed by atoms with E-state index in [1.165, 1.54) is 6.42 Å². The summed E-state index contributed by atoms with van der Waals surface area (Å²) in [5.74, 6) is 0. The molecule has 0 nitrogen and oxygen atoms in total. The fourth-order valence-electron chi connectivity index (χ4n) is 0.635. The topological polar surface area (TPSA) is 0 Å². The molecule has 0 aliphatic heterocycles. The average molecular weight is 196 g/mol. The molecule has 0 saturated carbocycles. The van der Waals surface area contributed by atoms with Crippen molar-refractivity contribution in [3.05, 3.63) is 12.0 Å². The Morgan fingerprint density at radius 3 is 2.40 bits per heavy atom. The van der Waals surface area contributed by atoms with Crippen molar-refractivity contribution in [1.29, 1.82) is 0 Å². The smallest absolute Gasteiger partial charge is 0.00634 e. The van der Waals surface area contributed by atoms with Gasteiger partial charge in [0.05, 0.1) is 0 Å². The Hall–Kier alpha value is 0.790. The van der Waals surface area contributed by atoms with E-state index in [9.17, 15) is 0 Å². The fourth-order valence-corrected chi connectivity index (χ4v) is 4.16. The van der Waals surface area contributed by atoms with Crippen molar-refractivity contribution >= 4 is 30.5 Å². The van der Waals surface area contributed by atoms with Crippen molar-refractivity contribution in [2.45, 2.75) is 25.5 Å². The second-order valence-electron chi connectivity index (χ2n) is 2.17. The molecule has 0 amide bonds. The van der Waals surface area contributed by atoms with Gasteiger partial charge in [-0.25, -0.2) is 0 Å². The average Bonchev–Trinajstić information content (AvgIpc) is 2.01. The van der Waals surface area contributed by atoms with E-state index in [1.807, 2.05) is 16.2 Å². The molecule has 10 heavy (non-hydrogen) atoms. The first-order valence-corrected chi connectivity index (χ1v) is 7.88. The van der Waals surface area contributed by atoms with Gasteiger partial charge in [0.1, 0.15) is 0 Å². The summed E-state index contributed by atoms with van der Waals surface area (Å²) in [6, 6.07) is 0. The number of rotatable bonds is 4. The van der Waals surface area contributed by atoms with Gasteiger partial charge in [-0.05, 0) is 18.1 Å². The van der Waals surface area contributed by atoms with Crippen LogP contribution in [0.1, 0.15) is 20.3 Å². The minimum Gasteiger partial charge on any atom is -0.124 e. The standard InChI is InChI=1S/C7H16S3/c1-5-7(3)10(8,6-2)9-4/h6-8H,2,5H2,1,3-4H3. The summed E-state index contributed by atoms with van der Waals surface area (Å²) in [6.45, 7) is 8.25. The number of hydrogen-bond donors (Lipinski definition) is 1. The number of hydrogen-bond acceptors (Lipinski definition) is 2. The highest BCUT2D eigenvalue weighted by Gasteiger charge is 2.20. The van der Waals surface area contributed by atoms with Crippen LogP contribution in [-0.4, -0.2) is 11.5 Å². The summed E-state index contributed by atoms with van der Waals surface area (Å²) in [5.41, 5.74) is 0. The van der Waals surface area contributed by atoms with Gasteiger partial charge in [0.25, 0.3) is 0 Å². The molecule has 0 aliphatic rings. The van der Waals surface area contributed by atoms with Crippen molar-refractivity contribution in [2.75, 3.05) is 6.26 Å². The Kier molecular flexibility index (Phi) is 4.99. The maximum absolute atomic E-state index is 4.62. The zero-order chi connectivity index (χ0) is 8.20. The van der Waals surface area contributed by atoms with E-state index in [4.69, 9.17) is 0 Å². The molecular formula is C7H16S3. The normalized spacial score (nSPS) is 22.8. The van der Waals surface area contributed by atoms with Gasteiger partial charge >= 0.3 is 0 Å². The first-order valence-electron chi connectivity index (χ1n) is 3.33. The van der Waals surface area contributed by atoms with Gasteiger partial charge in [-0.3, -0.25) is 0 Å². The molecule has 2 unspecified atom stereocenters. The van der Waals surface area contributed by atoms with Crippen LogP contribution in [0.4, 0.5) is 0 Å². The second-order valence-corrected chi connectivity index (χ2v) is 10.1. The van der Waals surface area contributed by atoms with E-state index in [0.29, 0.717) is 5.25 Å². The van der Waals surface area contributed by atoms with Crippen LogP contribution in [0.3, 0.4) is 0 Å². The summed E-state index contributed by atoms with van der Waals surface area (Å²) in [7, 11) is 0.966. The van der Waals surface area contributed by atoms with Gasteiger partial charge in [0.2, 0.25) is 0 Å². The second kappa shape index (κ2) is 4.62. The highest BCUT2D eigenvalue weighted by atomic mass is 33.5. The van der Waals surface area contributed by atoms with E-state index in [0.717, 1.165) is 0 Å². The molecular weight excluding hydrogens is 180 g/mol. The summed E-state index contributed by atoms with van der Waals surface area (Å²) < 4.78 is 0. The molecule has 0 saturated heterocycles. The predicted octanol–water partition coefficient (Wildman–Crippen LogP) is 3.86. The van der Waals surface area contributed by atoms with E-state index < -0.39 is 8.09 Å². The molecule has 0 spiro atoms. The van der Waals surface area contributed by atoms with E-state index in [-0.39, 0.29) is 0 Å². The van der Waals surface area contributed by atoms with Gasteiger partial charge in [0, 0.05) is 5.25 Å². The predicted molar refractivity (Wildman–Crippen MR) is 60.0 cm³/mol. The highest BCUT2D eigenvalue weighted by molar-refractivity contribution is 9.22. The van der Waals surface area contributed by atoms with Crippen molar-refractivity contribution in [3.8, 4) is 0 Å². The minimum atomic E-state index is -0.869. The third-order valence-electron chi connectivity index (χ3n) is 1.66. The van der Waals surface area contributed by atoms with Gasteiger partial charge in [0.15, 0.2) is 0 Å². The zero-order valence-electron chi connectivity index (χ0n) is 6.83. The first-order chi connectivity index (χ1) is 4.60. The maximum Gasteiger partial charge on any atom is 0.00634 e. The van der Waals surface area contributed by atoms with Crippen molar-refractivity contribution in [2.24, 2.45) is 0 Å². The highest BCUT2D eigenvalue weighted by Crippen LogP contribution is 2.67. The summed E-state index contributed by atoms with van der Waals surface area (Å²) in [5, 5.41) is 2.68. The molecule has 0 aliphatic carbocycles. The van der Waals surface area contributed by atoms with Crippen LogP contribution >= 0.6 is 30.5 Å². The van der Waals surface area contributed by atoms with Gasteiger partial charge in [-0.1, -0.05) is 20.4 Å². The van der Waals surface area contributed by atoms with Crippen molar-refractivity contribution < 1.29 is 0 Å². The van der Waals surface area contributed by atoms with Crippen LogP contribution in [-0.2, 0) is 0 Å². The van der Waals surface area contributed by atoms with Gasteiger partial charge in [-0.15, -0.1) is 30.5 Å². The molecule has 0 bridgehead atoms.